The van der Waals surface area contributed by atoms with Gasteiger partial charge in [-0.25, -0.2) is 0 Å². The molecule has 0 radical (unpaired) electrons. The summed E-state index contributed by atoms with van der Waals surface area (Å²) in [6.07, 6.45) is 0.972. The predicted molar refractivity (Wildman–Crippen MR) is 95.9 cm³/mol. The Labute approximate surface area is 139 Å². The van der Waals surface area contributed by atoms with E-state index >= 15 is 0 Å². The van der Waals surface area contributed by atoms with Crippen LogP contribution < -0.4 is 4.80 Å². The number of benzene rings is 2. The Morgan fingerprint density at radius 1 is 1.13 bits per heavy atom. The number of hydrogen-bond donors (Lipinski definition) is 0. The average Bonchev–Trinajstić information content (AvgIpc) is 2.92. The molecule has 0 spiro atoms. The minimum Gasteiger partial charge on any atom is -0.316 e. The molecule has 0 unspecified atom stereocenters. The van der Waals surface area contributed by atoms with Gasteiger partial charge in [-0.2, -0.15) is 4.99 Å². The smallest absolute Gasteiger partial charge is 0.279 e. The van der Waals surface area contributed by atoms with E-state index < -0.39 is 0 Å². The molecule has 0 saturated heterocycles. The first-order valence-corrected chi connectivity index (χ1v) is 8.72. The monoisotopic (exact) mass is 324 g/mol. The SMILES string of the molecule is CCc1cccc2sc(=NC(=O)c3ccc(C)cc3)n(CC)c12. The van der Waals surface area contributed by atoms with Crippen LogP contribution in [0.5, 0.6) is 0 Å². The van der Waals surface area contributed by atoms with Crippen LogP contribution in [0.15, 0.2) is 47.5 Å². The molecule has 0 aliphatic carbocycles. The molecule has 0 saturated carbocycles. The number of aryl methyl sites for hydroxylation is 3. The molecule has 0 fully saturated rings. The molecule has 3 aromatic rings. The lowest BCUT2D eigenvalue weighted by molar-refractivity contribution is 0.0998. The second kappa shape index (κ2) is 6.50. The lowest BCUT2D eigenvalue weighted by atomic mass is 10.1. The van der Waals surface area contributed by atoms with Crippen LogP contribution in [0.3, 0.4) is 0 Å². The molecule has 1 heterocycles. The van der Waals surface area contributed by atoms with E-state index in [0.717, 1.165) is 23.3 Å². The zero-order chi connectivity index (χ0) is 16.4. The number of thiazole rings is 1. The highest BCUT2D eigenvalue weighted by Gasteiger charge is 2.10. The average molecular weight is 324 g/mol. The second-order valence-corrected chi connectivity index (χ2v) is 6.54. The molecule has 1 amide bonds. The largest absolute Gasteiger partial charge is 0.316 e. The molecule has 3 rings (SSSR count). The Kier molecular flexibility index (Phi) is 4.44. The molecule has 3 nitrogen and oxygen atoms in total. The van der Waals surface area contributed by atoms with E-state index in [4.69, 9.17) is 0 Å². The fraction of sp³-hybridized carbons (Fsp3) is 0.263. The molecule has 2 aromatic carbocycles. The first-order valence-electron chi connectivity index (χ1n) is 7.91. The van der Waals surface area contributed by atoms with E-state index in [0.29, 0.717) is 5.56 Å². The van der Waals surface area contributed by atoms with Crippen LogP contribution in [0.4, 0.5) is 0 Å². The van der Waals surface area contributed by atoms with Gasteiger partial charge in [0.2, 0.25) is 0 Å². The number of hydrogen-bond acceptors (Lipinski definition) is 2. The summed E-state index contributed by atoms with van der Waals surface area (Å²) >= 11 is 1.58. The number of carbonyl (C=O) groups excluding carboxylic acids is 1. The summed E-state index contributed by atoms with van der Waals surface area (Å²) in [4.78, 5) is 17.6. The van der Waals surface area contributed by atoms with Crippen molar-refractivity contribution in [3.63, 3.8) is 0 Å². The van der Waals surface area contributed by atoms with Gasteiger partial charge in [-0.15, -0.1) is 0 Å². The summed E-state index contributed by atoms with van der Waals surface area (Å²) in [5.41, 5.74) is 4.27. The van der Waals surface area contributed by atoms with E-state index in [1.807, 2.05) is 31.2 Å². The standard InChI is InChI=1S/C19H20N2OS/c1-4-14-7-6-8-16-17(14)21(5-2)19(23-16)20-18(22)15-11-9-13(3)10-12-15/h6-12H,4-5H2,1-3H3. The number of carbonyl (C=O) groups is 1. The number of rotatable bonds is 3. The number of amides is 1. The van der Waals surface area contributed by atoms with Crippen LogP contribution in [0.25, 0.3) is 10.2 Å². The zero-order valence-corrected chi connectivity index (χ0v) is 14.5. The number of fused-ring (bicyclic) bond motifs is 1. The fourth-order valence-electron chi connectivity index (χ4n) is 2.71. The molecule has 0 aliphatic rings. The lowest BCUT2D eigenvalue weighted by Crippen LogP contribution is -2.16. The van der Waals surface area contributed by atoms with E-state index in [9.17, 15) is 4.79 Å². The fourth-order valence-corrected chi connectivity index (χ4v) is 3.86. The zero-order valence-electron chi connectivity index (χ0n) is 13.7. The van der Waals surface area contributed by atoms with Crippen molar-refractivity contribution >= 4 is 27.5 Å². The number of nitrogens with zero attached hydrogens (tertiary/aromatic N) is 2. The Bertz CT molecular complexity index is 917. The molecule has 118 valence electrons. The van der Waals surface area contributed by atoms with Gasteiger partial charge < -0.3 is 4.57 Å². The van der Waals surface area contributed by atoms with Crippen LogP contribution >= 0.6 is 11.3 Å². The van der Waals surface area contributed by atoms with Gasteiger partial charge in [0.15, 0.2) is 4.80 Å². The van der Waals surface area contributed by atoms with Crippen molar-refractivity contribution in [2.45, 2.75) is 33.7 Å². The molecule has 0 aliphatic heterocycles. The van der Waals surface area contributed by atoms with Crippen LogP contribution in [0, 0.1) is 6.92 Å². The lowest BCUT2D eigenvalue weighted by Gasteiger charge is -2.05. The van der Waals surface area contributed by atoms with Crippen molar-refractivity contribution in [3.05, 3.63) is 64.0 Å². The second-order valence-electron chi connectivity index (χ2n) is 5.53. The summed E-state index contributed by atoms with van der Waals surface area (Å²) in [6, 6.07) is 13.9. The normalized spacial score (nSPS) is 12.0. The quantitative estimate of drug-likeness (QED) is 0.706. The maximum Gasteiger partial charge on any atom is 0.279 e. The maximum absolute atomic E-state index is 12.5. The first kappa shape index (κ1) is 15.7. The third kappa shape index (κ3) is 2.99. The van der Waals surface area contributed by atoms with E-state index in [1.165, 1.54) is 15.8 Å². The third-order valence-electron chi connectivity index (χ3n) is 3.98. The third-order valence-corrected chi connectivity index (χ3v) is 5.02. The van der Waals surface area contributed by atoms with E-state index in [2.05, 4.69) is 41.6 Å². The van der Waals surface area contributed by atoms with Gasteiger partial charge in [-0.1, -0.05) is 48.1 Å². The highest BCUT2D eigenvalue weighted by Crippen LogP contribution is 2.22. The van der Waals surface area contributed by atoms with Crippen molar-refractivity contribution in [2.24, 2.45) is 4.99 Å². The van der Waals surface area contributed by atoms with Gasteiger partial charge in [0.05, 0.1) is 10.2 Å². The van der Waals surface area contributed by atoms with Gasteiger partial charge in [-0.3, -0.25) is 4.79 Å². The predicted octanol–water partition coefficient (Wildman–Crippen LogP) is 4.33. The van der Waals surface area contributed by atoms with Gasteiger partial charge in [-0.05, 0) is 44.0 Å². The highest BCUT2D eigenvalue weighted by molar-refractivity contribution is 7.16. The minimum absolute atomic E-state index is 0.184. The summed E-state index contributed by atoms with van der Waals surface area (Å²) in [5.74, 6) is -0.184. The molecule has 0 N–H and O–H groups in total. The highest BCUT2D eigenvalue weighted by atomic mass is 32.1. The summed E-state index contributed by atoms with van der Waals surface area (Å²) in [6.45, 7) is 7.06. The van der Waals surface area contributed by atoms with Gasteiger partial charge in [0.1, 0.15) is 0 Å². The molecule has 0 bridgehead atoms. The van der Waals surface area contributed by atoms with Crippen molar-refractivity contribution in [3.8, 4) is 0 Å². The topological polar surface area (TPSA) is 34.4 Å². The number of para-hydroxylation sites is 1. The molecular formula is C19H20N2OS. The van der Waals surface area contributed by atoms with Gasteiger partial charge >= 0.3 is 0 Å². The minimum atomic E-state index is -0.184. The van der Waals surface area contributed by atoms with E-state index in [1.54, 1.807) is 11.3 Å². The first-order chi connectivity index (χ1) is 11.1. The van der Waals surface area contributed by atoms with Crippen molar-refractivity contribution in [1.29, 1.82) is 0 Å². The Morgan fingerprint density at radius 3 is 2.52 bits per heavy atom. The van der Waals surface area contributed by atoms with Gasteiger partial charge in [0.25, 0.3) is 5.91 Å². The van der Waals surface area contributed by atoms with Gasteiger partial charge in [0, 0.05) is 12.1 Å². The molecule has 1 aromatic heterocycles. The Morgan fingerprint density at radius 2 is 1.87 bits per heavy atom. The van der Waals surface area contributed by atoms with Crippen molar-refractivity contribution in [1.82, 2.24) is 4.57 Å². The Balaban J connectivity index is 2.15. The summed E-state index contributed by atoms with van der Waals surface area (Å²) in [5, 5.41) is 0. The van der Waals surface area contributed by atoms with Crippen LogP contribution in [-0.2, 0) is 13.0 Å². The molecule has 23 heavy (non-hydrogen) atoms. The number of aromatic nitrogens is 1. The molecule has 4 heteroatoms. The molecular weight excluding hydrogens is 304 g/mol. The maximum atomic E-state index is 12.5. The van der Waals surface area contributed by atoms with Crippen LogP contribution in [0.2, 0.25) is 0 Å². The van der Waals surface area contributed by atoms with Crippen LogP contribution in [0.1, 0.15) is 35.3 Å². The van der Waals surface area contributed by atoms with E-state index in [-0.39, 0.29) is 5.91 Å². The summed E-state index contributed by atoms with van der Waals surface area (Å²) < 4.78 is 3.33. The Hall–Kier alpha value is -2.20. The van der Waals surface area contributed by atoms with Crippen LogP contribution in [-0.4, -0.2) is 10.5 Å². The molecule has 0 atom stereocenters. The van der Waals surface area contributed by atoms with Crippen molar-refractivity contribution in [2.75, 3.05) is 0 Å². The summed E-state index contributed by atoms with van der Waals surface area (Å²) in [7, 11) is 0. The van der Waals surface area contributed by atoms with Crippen molar-refractivity contribution < 1.29 is 4.79 Å².